The minimum atomic E-state index is -4.44. The molecule has 0 atom stereocenters. The van der Waals surface area contributed by atoms with Crippen LogP contribution in [0.4, 0.5) is 13.2 Å². The molecule has 0 bridgehead atoms. The van der Waals surface area contributed by atoms with E-state index in [1.165, 1.54) is 19.5 Å². The minimum Gasteiger partial charge on any atom is -0.482 e. The molecule has 0 aliphatic carbocycles. The van der Waals surface area contributed by atoms with Crippen LogP contribution in [0.1, 0.15) is 5.56 Å². The maximum Gasteiger partial charge on any atom is 0.420 e. The van der Waals surface area contributed by atoms with E-state index in [0.717, 1.165) is 10.5 Å². The summed E-state index contributed by atoms with van der Waals surface area (Å²) in [6, 6.07) is 2.14. The number of fused-ring (bicyclic) bond motifs is 1. The number of alkyl halides is 3. The molecule has 0 spiro atoms. The van der Waals surface area contributed by atoms with Crippen molar-refractivity contribution in [3.8, 4) is 5.88 Å². The van der Waals surface area contributed by atoms with Crippen molar-refractivity contribution in [2.24, 2.45) is 0 Å². The third-order valence-corrected chi connectivity index (χ3v) is 1.93. The Kier molecular flexibility index (Phi) is 2.02. The Labute approximate surface area is 82.3 Å². The highest BCUT2D eigenvalue weighted by Crippen LogP contribution is 2.33. The van der Waals surface area contributed by atoms with Gasteiger partial charge >= 0.3 is 6.18 Å². The molecule has 7 heteroatoms. The molecular weight excluding hydrogens is 211 g/mol. The van der Waals surface area contributed by atoms with Gasteiger partial charge in [0.25, 0.3) is 0 Å². The zero-order valence-electron chi connectivity index (χ0n) is 7.62. The molecule has 4 nitrogen and oxygen atoms in total. The fourth-order valence-electron chi connectivity index (χ4n) is 1.28. The highest BCUT2D eigenvalue weighted by Gasteiger charge is 2.34. The molecule has 0 fully saturated rings. The monoisotopic (exact) mass is 217 g/mol. The van der Waals surface area contributed by atoms with Crippen molar-refractivity contribution in [1.29, 1.82) is 0 Å². The lowest BCUT2D eigenvalue weighted by atomic mass is 10.2. The van der Waals surface area contributed by atoms with Crippen LogP contribution >= 0.6 is 0 Å². The Hall–Kier alpha value is -1.79. The first-order valence-electron chi connectivity index (χ1n) is 3.98. The van der Waals surface area contributed by atoms with Crippen LogP contribution < -0.4 is 4.74 Å². The molecular formula is C8H6F3N3O. The van der Waals surface area contributed by atoms with E-state index in [2.05, 4.69) is 10.2 Å². The summed E-state index contributed by atoms with van der Waals surface area (Å²) in [5, 5.41) is 6.82. The second-order valence-corrected chi connectivity index (χ2v) is 2.81. The Morgan fingerprint density at radius 3 is 2.67 bits per heavy atom. The van der Waals surface area contributed by atoms with Crippen molar-refractivity contribution < 1.29 is 17.9 Å². The first-order chi connectivity index (χ1) is 7.04. The lowest BCUT2D eigenvalue weighted by Crippen LogP contribution is -2.08. The molecule has 2 rings (SSSR count). The number of rotatable bonds is 1. The number of halogens is 3. The fraction of sp³-hybridized carbons (Fsp3) is 0.250. The largest absolute Gasteiger partial charge is 0.482 e. The molecule has 0 saturated carbocycles. The zero-order chi connectivity index (χ0) is 11.1. The molecule has 2 aromatic rings. The van der Waals surface area contributed by atoms with Crippen LogP contribution in [-0.4, -0.2) is 21.7 Å². The summed E-state index contributed by atoms with van der Waals surface area (Å²) in [5.41, 5.74) is -1.09. The van der Waals surface area contributed by atoms with Crippen LogP contribution in [0.2, 0.25) is 0 Å². The molecule has 0 unspecified atom stereocenters. The molecule has 15 heavy (non-hydrogen) atoms. The minimum absolute atomic E-state index is 0.253. The molecule has 0 saturated heterocycles. The second-order valence-electron chi connectivity index (χ2n) is 2.81. The SMILES string of the molecule is COc1ccc(C(F)(F)F)c2nncn12. The standard InChI is InChI=1S/C8H6F3N3O/c1-15-6-3-2-5(8(9,10)11)7-13-12-4-14(6)7/h2-4H,1H3. The van der Waals surface area contributed by atoms with Gasteiger partial charge in [-0.2, -0.15) is 13.2 Å². The molecule has 0 aliphatic rings. The molecule has 0 amide bonds. The normalized spacial score (nSPS) is 12.0. The molecule has 80 valence electrons. The fourth-order valence-corrected chi connectivity index (χ4v) is 1.28. The quantitative estimate of drug-likeness (QED) is 0.730. The van der Waals surface area contributed by atoms with Gasteiger partial charge in [-0.15, -0.1) is 10.2 Å². The van der Waals surface area contributed by atoms with E-state index in [1.807, 2.05) is 0 Å². The summed E-state index contributed by atoms with van der Waals surface area (Å²) in [6.45, 7) is 0. The van der Waals surface area contributed by atoms with Gasteiger partial charge < -0.3 is 4.74 Å². The van der Waals surface area contributed by atoms with Gasteiger partial charge in [0.15, 0.2) is 11.5 Å². The first kappa shape index (κ1) is 9.75. The molecule has 0 N–H and O–H groups in total. The van der Waals surface area contributed by atoms with Crippen molar-refractivity contribution in [3.63, 3.8) is 0 Å². The van der Waals surface area contributed by atoms with Crippen molar-refractivity contribution in [3.05, 3.63) is 24.0 Å². The topological polar surface area (TPSA) is 39.4 Å². The predicted molar refractivity (Wildman–Crippen MR) is 44.5 cm³/mol. The smallest absolute Gasteiger partial charge is 0.420 e. The lowest BCUT2D eigenvalue weighted by molar-refractivity contribution is -0.136. The summed E-state index contributed by atoms with van der Waals surface area (Å²) in [7, 11) is 1.36. The Morgan fingerprint density at radius 1 is 1.33 bits per heavy atom. The highest BCUT2D eigenvalue weighted by molar-refractivity contribution is 5.51. The van der Waals surface area contributed by atoms with Gasteiger partial charge in [-0.05, 0) is 12.1 Å². The van der Waals surface area contributed by atoms with Crippen LogP contribution in [0.5, 0.6) is 5.88 Å². The van der Waals surface area contributed by atoms with E-state index in [9.17, 15) is 13.2 Å². The number of pyridine rings is 1. The number of hydrogen-bond acceptors (Lipinski definition) is 3. The van der Waals surface area contributed by atoms with Gasteiger partial charge in [0.1, 0.15) is 11.9 Å². The van der Waals surface area contributed by atoms with Crippen molar-refractivity contribution in [2.75, 3.05) is 7.11 Å². The van der Waals surface area contributed by atoms with Gasteiger partial charge in [0.05, 0.1) is 7.11 Å². The van der Waals surface area contributed by atoms with E-state index >= 15 is 0 Å². The van der Waals surface area contributed by atoms with Gasteiger partial charge in [0.2, 0.25) is 0 Å². The number of aromatic nitrogens is 3. The van der Waals surface area contributed by atoms with Crippen LogP contribution in [-0.2, 0) is 6.18 Å². The first-order valence-corrected chi connectivity index (χ1v) is 3.98. The summed E-state index contributed by atoms with van der Waals surface area (Å²) < 4.78 is 43.5. The molecule has 0 aliphatic heterocycles. The van der Waals surface area contributed by atoms with Crippen LogP contribution in [0.25, 0.3) is 5.65 Å². The van der Waals surface area contributed by atoms with E-state index < -0.39 is 11.7 Å². The van der Waals surface area contributed by atoms with Crippen molar-refractivity contribution in [1.82, 2.24) is 14.6 Å². The molecule has 0 radical (unpaired) electrons. The third kappa shape index (κ3) is 1.49. The molecule has 2 heterocycles. The van der Waals surface area contributed by atoms with Gasteiger partial charge in [-0.3, -0.25) is 4.40 Å². The molecule has 0 aromatic carbocycles. The van der Waals surface area contributed by atoms with Crippen molar-refractivity contribution >= 4 is 5.65 Å². The van der Waals surface area contributed by atoms with Gasteiger partial charge in [-0.25, -0.2) is 0 Å². The average molecular weight is 217 g/mol. The number of nitrogens with zero attached hydrogens (tertiary/aromatic N) is 3. The summed E-state index contributed by atoms with van der Waals surface area (Å²) >= 11 is 0. The van der Waals surface area contributed by atoms with E-state index in [-0.39, 0.29) is 11.5 Å². The zero-order valence-corrected chi connectivity index (χ0v) is 7.62. The van der Waals surface area contributed by atoms with Crippen LogP contribution in [0.3, 0.4) is 0 Å². The highest BCUT2D eigenvalue weighted by atomic mass is 19.4. The average Bonchev–Trinajstić information content (AvgIpc) is 2.62. The number of ether oxygens (including phenoxy) is 1. The summed E-state index contributed by atoms with van der Waals surface area (Å²) in [6.07, 6.45) is -3.27. The second kappa shape index (κ2) is 3.11. The summed E-state index contributed by atoms with van der Waals surface area (Å²) in [4.78, 5) is 0. The van der Waals surface area contributed by atoms with Gasteiger partial charge in [0, 0.05) is 0 Å². The molecule has 2 aromatic heterocycles. The maximum atomic E-state index is 12.5. The van der Waals surface area contributed by atoms with Crippen molar-refractivity contribution in [2.45, 2.75) is 6.18 Å². The van der Waals surface area contributed by atoms with E-state index in [0.29, 0.717) is 0 Å². The lowest BCUT2D eigenvalue weighted by Gasteiger charge is -2.09. The summed E-state index contributed by atoms with van der Waals surface area (Å²) in [5.74, 6) is 0.253. The Bertz CT molecular complexity index is 491. The van der Waals surface area contributed by atoms with Gasteiger partial charge in [-0.1, -0.05) is 0 Å². The Morgan fingerprint density at radius 2 is 2.07 bits per heavy atom. The van der Waals surface area contributed by atoms with Crippen LogP contribution in [0, 0.1) is 0 Å². The van der Waals surface area contributed by atoms with Crippen LogP contribution in [0.15, 0.2) is 18.5 Å². The Balaban J connectivity index is 2.74. The maximum absolute atomic E-state index is 12.5. The third-order valence-electron chi connectivity index (χ3n) is 1.93. The van der Waals surface area contributed by atoms with E-state index in [4.69, 9.17) is 4.74 Å². The number of methoxy groups -OCH3 is 1. The van der Waals surface area contributed by atoms with E-state index in [1.54, 1.807) is 0 Å². The number of hydrogen-bond donors (Lipinski definition) is 0. The predicted octanol–water partition coefficient (Wildman–Crippen LogP) is 1.76.